The molecule has 5 atom stereocenters. The van der Waals surface area contributed by atoms with E-state index in [0.29, 0.717) is 24.5 Å². The van der Waals surface area contributed by atoms with Gasteiger partial charge in [0.15, 0.2) is 23.4 Å². The Morgan fingerprint density at radius 2 is 2.03 bits per heavy atom. The van der Waals surface area contributed by atoms with E-state index in [2.05, 4.69) is 6.58 Å². The molecule has 5 aliphatic rings. The van der Waals surface area contributed by atoms with Gasteiger partial charge in [-0.3, -0.25) is 4.79 Å². The van der Waals surface area contributed by atoms with Crippen molar-refractivity contribution in [1.82, 2.24) is 0 Å². The second kappa shape index (κ2) is 7.19. The summed E-state index contributed by atoms with van der Waals surface area (Å²) >= 11 is 0. The fourth-order valence-electron chi connectivity index (χ4n) is 8.18. The molecule has 31 heavy (non-hydrogen) atoms. The zero-order valence-corrected chi connectivity index (χ0v) is 20.1. The monoisotopic (exact) mass is 537 g/mol. The van der Waals surface area contributed by atoms with Gasteiger partial charge < -0.3 is 43.4 Å². The molecular weight excluding hydrogens is 505 g/mol. The van der Waals surface area contributed by atoms with Crippen molar-refractivity contribution in [2.45, 2.75) is 74.5 Å². The quantitative estimate of drug-likeness (QED) is 0.323. The van der Waals surface area contributed by atoms with Crippen LogP contribution in [-0.4, -0.2) is 57.9 Å². The van der Waals surface area contributed by atoms with Gasteiger partial charge in [-0.15, -0.1) is 0 Å². The molecule has 2 bridgehead atoms. The predicted octanol–water partition coefficient (Wildman–Crippen LogP) is 0.0104. The summed E-state index contributed by atoms with van der Waals surface area (Å²) in [4.78, 5) is 13.0. The van der Waals surface area contributed by atoms with Crippen LogP contribution < -0.4 is 28.7 Å². The van der Waals surface area contributed by atoms with Crippen LogP contribution in [0, 0.1) is 5.92 Å². The molecule has 3 fully saturated rings. The average Bonchev–Trinajstić information content (AvgIpc) is 3.35. The average molecular weight is 537 g/mol. The zero-order valence-electron chi connectivity index (χ0n) is 18.0. The molecule has 5 nitrogen and oxygen atoms in total. The highest BCUT2D eigenvalue weighted by Crippen LogP contribution is 2.66. The first-order valence-electron chi connectivity index (χ1n) is 11.7. The lowest BCUT2D eigenvalue weighted by Gasteiger charge is -2.65. The van der Waals surface area contributed by atoms with E-state index < -0.39 is 17.1 Å². The van der Waals surface area contributed by atoms with Gasteiger partial charge in [0.1, 0.15) is 11.6 Å². The Labute approximate surface area is 201 Å². The van der Waals surface area contributed by atoms with E-state index in [1.165, 1.54) is 25.7 Å². The number of nitrogens with zero attached hydrogens (tertiary/aromatic N) is 1. The topological polar surface area (TPSA) is 66.8 Å². The summed E-state index contributed by atoms with van der Waals surface area (Å²) in [7, 11) is 0. The summed E-state index contributed by atoms with van der Waals surface area (Å²) in [6, 6.07) is 3.73. The third-order valence-electron chi connectivity index (χ3n) is 9.34. The van der Waals surface area contributed by atoms with Gasteiger partial charge >= 0.3 is 0 Å². The molecule has 1 spiro atoms. The highest BCUT2D eigenvalue weighted by Gasteiger charge is 2.76. The maximum atomic E-state index is 13.0. The van der Waals surface area contributed by atoms with Crippen LogP contribution >= 0.6 is 0 Å². The Morgan fingerprint density at radius 3 is 2.77 bits per heavy atom. The van der Waals surface area contributed by atoms with Gasteiger partial charge in [-0.25, -0.2) is 0 Å². The van der Waals surface area contributed by atoms with Crippen LogP contribution in [0.4, 0.5) is 0 Å². The molecule has 2 saturated carbocycles. The molecule has 3 aliphatic carbocycles. The summed E-state index contributed by atoms with van der Waals surface area (Å²) in [5.41, 5.74) is 0.369. The third-order valence-corrected chi connectivity index (χ3v) is 9.34. The van der Waals surface area contributed by atoms with Gasteiger partial charge in [-0.2, -0.15) is 0 Å². The second-order valence-electron chi connectivity index (χ2n) is 10.5. The largest absolute Gasteiger partial charge is 1.00 e. The van der Waals surface area contributed by atoms with Gasteiger partial charge in [-0.05, 0) is 37.0 Å². The number of carbonyl (C=O) groups is 1. The third kappa shape index (κ3) is 2.58. The Bertz CT molecular complexity index is 944. The molecule has 1 aromatic carbocycles. The molecule has 1 saturated heterocycles. The molecule has 0 aromatic heterocycles. The fraction of sp³-hybridized carbons (Fsp3) is 0.640. The number of hydrogen-bond acceptors (Lipinski definition) is 4. The van der Waals surface area contributed by atoms with Crippen molar-refractivity contribution in [3.05, 3.63) is 35.9 Å². The van der Waals surface area contributed by atoms with Crippen molar-refractivity contribution in [2.75, 3.05) is 19.6 Å². The summed E-state index contributed by atoms with van der Waals surface area (Å²) < 4.78 is 7.04. The highest BCUT2D eigenvalue weighted by molar-refractivity contribution is 5.90. The number of ketones is 1. The van der Waals surface area contributed by atoms with Crippen LogP contribution in [0.15, 0.2) is 24.8 Å². The number of quaternary nitrogens is 1. The van der Waals surface area contributed by atoms with E-state index in [-0.39, 0.29) is 41.6 Å². The number of piperidine rings is 1. The minimum atomic E-state index is -0.989. The second-order valence-corrected chi connectivity index (χ2v) is 10.5. The Morgan fingerprint density at radius 1 is 1.26 bits per heavy atom. The number of aliphatic hydroxyl groups is 1. The van der Waals surface area contributed by atoms with Gasteiger partial charge in [0.2, 0.25) is 0 Å². The maximum absolute atomic E-state index is 13.0. The smallest absolute Gasteiger partial charge is 0.174 e. The zero-order chi connectivity index (χ0) is 20.7. The van der Waals surface area contributed by atoms with Crippen LogP contribution in [0.2, 0.25) is 0 Å². The van der Waals surface area contributed by atoms with E-state index in [1.807, 2.05) is 12.1 Å². The van der Waals surface area contributed by atoms with Gasteiger partial charge in [0.25, 0.3) is 0 Å². The normalized spacial score (nSPS) is 40.1. The molecule has 0 amide bonds. The Balaban J connectivity index is 0.00000204. The number of aromatic hydroxyl groups is 1. The minimum Gasteiger partial charge on any atom is -1.00 e. The number of benzene rings is 1. The van der Waals surface area contributed by atoms with Crippen molar-refractivity contribution in [1.29, 1.82) is 0 Å². The molecule has 2 heterocycles. The molecule has 1 aromatic rings. The Kier molecular flexibility index (Phi) is 5.03. The number of rotatable bonds is 4. The fourth-order valence-corrected chi connectivity index (χ4v) is 8.18. The van der Waals surface area contributed by atoms with Crippen molar-refractivity contribution >= 4 is 5.78 Å². The lowest BCUT2D eigenvalue weighted by atomic mass is 9.48. The number of phenols is 1. The number of halogens is 1. The highest BCUT2D eigenvalue weighted by atomic mass is 127. The van der Waals surface area contributed by atoms with Crippen LogP contribution in [0.5, 0.6) is 11.5 Å². The molecule has 2 aliphatic heterocycles. The van der Waals surface area contributed by atoms with Crippen molar-refractivity contribution < 1.29 is 48.2 Å². The summed E-state index contributed by atoms with van der Waals surface area (Å²) in [5, 5.41) is 23.0. The first-order valence-corrected chi connectivity index (χ1v) is 11.7. The molecular formula is C25H32INO4. The van der Waals surface area contributed by atoms with Gasteiger partial charge in [0, 0.05) is 30.7 Å². The predicted molar refractivity (Wildman–Crippen MR) is 113 cm³/mol. The van der Waals surface area contributed by atoms with E-state index in [1.54, 1.807) is 6.07 Å². The minimum absolute atomic E-state index is 0. The molecule has 1 unspecified atom stereocenters. The summed E-state index contributed by atoms with van der Waals surface area (Å²) in [6.07, 6.45) is 8.89. The lowest BCUT2D eigenvalue weighted by molar-refractivity contribution is -0.964. The van der Waals surface area contributed by atoms with Crippen LogP contribution in [-0.2, 0) is 16.6 Å². The molecule has 2 N–H and O–H groups in total. The number of carbonyl (C=O) groups excluding carboxylic acids is 1. The van der Waals surface area contributed by atoms with Crippen molar-refractivity contribution in [3.63, 3.8) is 0 Å². The first-order chi connectivity index (χ1) is 14.5. The van der Waals surface area contributed by atoms with E-state index >= 15 is 0 Å². The van der Waals surface area contributed by atoms with Crippen LogP contribution in [0.1, 0.15) is 56.1 Å². The SMILES string of the molecule is C=CC[N+]1(CC2CCCC2)CC[C@]23c4c5ccc(O)c4O[C@H]2C(=O)CC[C@@]3(O)[C@H]1C5.[I-]. The number of ether oxygens (including phenoxy) is 1. The van der Waals surface area contributed by atoms with Gasteiger partial charge in [-0.1, -0.05) is 25.5 Å². The number of likely N-dealkylation sites (tertiary alicyclic amines) is 1. The van der Waals surface area contributed by atoms with E-state index in [0.717, 1.165) is 48.1 Å². The first kappa shape index (κ1) is 21.7. The van der Waals surface area contributed by atoms with E-state index in [9.17, 15) is 15.0 Å². The Hall–Kier alpha value is -1.12. The number of phenolic OH excluding ortho intramolecular Hbond substituents is 1. The van der Waals surface area contributed by atoms with Crippen LogP contribution in [0.25, 0.3) is 0 Å². The lowest BCUT2D eigenvalue weighted by Crippen LogP contribution is -3.00. The summed E-state index contributed by atoms with van der Waals surface area (Å²) in [5.74, 6) is 1.32. The standard InChI is InChI=1S/C25H31NO4.HI/c1-2-12-26(15-16-5-3-4-6-16)13-11-24-21-17-7-8-18(27)22(21)30-23(24)19(28)9-10-25(24,29)20(26)14-17;/h2,7-8,16,20,23,29H,1,3-6,9-15H2;1H/t20-,23+,24+,25-,26?;/m1./s1. The number of hydrogen-bond donors (Lipinski definition) is 2. The molecule has 6 rings (SSSR count). The van der Waals surface area contributed by atoms with Crippen molar-refractivity contribution in [3.8, 4) is 11.5 Å². The molecule has 0 radical (unpaired) electrons. The number of Topliss-reactive ketones (excluding diaryl/α,β-unsaturated/α-hetero) is 1. The maximum Gasteiger partial charge on any atom is 0.174 e. The molecule has 6 heteroatoms. The van der Waals surface area contributed by atoms with E-state index in [4.69, 9.17) is 4.74 Å². The van der Waals surface area contributed by atoms with Crippen LogP contribution in [0.3, 0.4) is 0 Å². The molecule has 168 valence electrons. The van der Waals surface area contributed by atoms with Gasteiger partial charge in [0.05, 0.1) is 25.0 Å². The van der Waals surface area contributed by atoms with Crippen molar-refractivity contribution in [2.24, 2.45) is 5.92 Å². The summed E-state index contributed by atoms with van der Waals surface area (Å²) in [6.45, 7) is 6.97.